The molecule has 0 atom stereocenters. The number of hydrogen-bond acceptors (Lipinski definition) is 5. The van der Waals surface area contributed by atoms with E-state index in [2.05, 4.69) is 5.32 Å². The fourth-order valence-corrected chi connectivity index (χ4v) is 2.81. The summed E-state index contributed by atoms with van der Waals surface area (Å²) in [6.45, 7) is 0.0887. The number of carbonyl (C=O) groups excluding carboxylic acids is 1. The monoisotopic (exact) mass is 433 g/mol. The van der Waals surface area contributed by atoms with Crippen molar-refractivity contribution >= 4 is 35.0 Å². The highest BCUT2D eigenvalue weighted by molar-refractivity contribution is 6.30. The van der Waals surface area contributed by atoms with Gasteiger partial charge in [-0.15, -0.1) is 0 Å². The summed E-state index contributed by atoms with van der Waals surface area (Å²) in [6.07, 6.45) is 1.42. The molecule has 1 N–H and O–H groups in total. The molecular formula is C23H16ClN3O4. The van der Waals surface area contributed by atoms with Crippen molar-refractivity contribution in [3.05, 3.63) is 105 Å². The second-order valence-corrected chi connectivity index (χ2v) is 6.82. The number of ether oxygens (including phenoxy) is 1. The van der Waals surface area contributed by atoms with Crippen molar-refractivity contribution < 1.29 is 14.5 Å². The molecule has 0 aromatic heterocycles. The van der Waals surface area contributed by atoms with Gasteiger partial charge in [0.25, 0.3) is 11.6 Å². The molecule has 0 saturated carbocycles. The van der Waals surface area contributed by atoms with Crippen molar-refractivity contribution in [2.45, 2.75) is 6.61 Å². The topological polar surface area (TPSA) is 105 Å². The van der Waals surface area contributed by atoms with Gasteiger partial charge in [-0.05, 0) is 42.0 Å². The summed E-state index contributed by atoms with van der Waals surface area (Å²) in [7, 11) is 0. The van der Waals surface area contributed by atoms with E-state index in [0.29, 0.717) is 27.6 Å². The van der Waals surface area contributed by atoms with Gasteiger partial charge in [-0.25, -0.2) is 0 Å². The summed E-state index contributed by atoms with van der Waals surface area (Å²) >= 11 is 5.84. The SMILES string of the molecule is N#C/C(=C\c1ccccc1OCc1cccc([N+](=O)[O-])c1)C(=O)Nc1ccc(Cl)cc1. The lowest BCUT2D eigenvalue weighted by Crippen LogP contribution is -2.13. The molecule has 154 valence electrons. The predicted molar refractivity (Wildman–Crippen MR) is 118 cm³/mol. The number of rotatable bonds is 7. The molecule has 0 heterocycles. The summed E-state index contributed by atoms with van der Waals surface area (Å²) in [5.74, 6) is -0.139. The molecule has 7 nitrogen and oxygen atoms in total. The quantitative estimate of drug-likeness (QED) is 0.233. The van der Waals surface area contributed by atoms with E-state index in [9.17, 15) is 20.2 Å². The Morgan fingerprint density at radius 1 is 1.13 bits per heavy atom. The Labute approximate surface area is 183 Å². The summed E-state index contributed by atoms with van der Waals surface area (Å²) in [6, 6.07) is 21.4. The van der Waals surface area contributed by atoms with E-state index in [0.717, 1.165) is 0 Å². The fraction of sp³-hybridized carbons (Fsp3) is 0.0435. The van der Waals surface area contributed by atoms with Crippen LogP contribution in [0.5, 0.6) is 5.75 Å². The van der Waals surface area contributed by atoms with Crippen LogP contribution in [0.4, 0.5) is 11.4 Å². The Morgan fingerprint density at radius 3 is 2.58 bits per heavy atom. The van der Waals surface area contributed by atoms with E-state index in [1.54, 1.807) is 60.7 Å². The smallest absolute Gasteiger partial charge is 0.269 e. The number of halogens is 1. The van der Waals surface area contributed by atoms with Crippen molar-refractivity contribution in [1.82, 2.24) is 0 Å². The maximum atomic E-state index is 12.5. The number of hydrogen-bond donors (Lipinski definition) is 1. The molecule has 0 spiro atoms. The maximum Gasteiger partial charge on any atom is 0.269 e. The third-order valence-electron chi connectivity index (χ3n) is 4.20. The molecule has 3 aromatic carbocycles. The van der Waals surface area contributed by atoms with Crippen LogP contribution >= 0.6 is 11.6 Å². The molecule has 0 radical (unpaired) electrons. The van der Waals surface area contributed by atoms with Crippen molar-refractivity contribution in [3.63, 3.8) is 0 Å². The van der Waals surface area contributed by atoms with Crippen LogP contribution in [0.1, 0.15) is 11.1 Å². The third-order valence-corrected chi connectivity index (χ3v) is 4.45. The molecule has 31 heavy (non-hydrogen) atoms. The number of nitrogens with zero attached hydrogens (tertiary/aromatic N) is 2. The number of anilines is 1. The first kappa shape index (κ1) is 21.6. The maximum absolute atomic E-state index is 12.5. The lowest BCUT2D eigenvalue weighted by atomic mass is 10.1. The number of nitrogens with one attached hydrogen (secondary N) is 1. The van der Waals surface area contributed by atoms with Gasteiger partial charge in [-0.1, -0.05) is 41.9 Å². The van der Waals surface area contributed by atoms with Gasteiger partial charge in [0, 0.05) is 28.4 Å². The number of non-ortho nitro benzene ring substituents is 1. The predicted octanol–water partition coefficient (Wildman–Crippen LogP) is 5.37. The van der Waals surface area contributed by atoms with Gasteiger partial charge in [0.15, 0.2) is 0 Å². The van der Waals surface area contributed by atoms with Crippen LogP contribution in [0.25, 0.3) is 6.08 Å². The van der Waals surface area contributed by atoms with Gasteiger partial charge in [0.05, 0.1) is 4.92 Å². The van der Waals surface area contributed by atoms with E-state index in [1.807, 2.05) is 6.07 Å². The second kappa shape index (κ2) is 10.1. The largest absolute Gasteiger partial charge is 0.488 e. The van der Waals surface area contributed by atoms with Gasteiger partial charge in [0.2, 0.25) is 0 Å². The van der Waals surface area contributed by atoms with E-state index >= 15 is 0 Å². The molecule has 0 fully saturated rings. The minimum atomic E-state index is -0.571. The zero-order valence-corrected chi connectivity index (χ0v) is 16.9. The van der Waals surface area contributed by atoms with Crippen molar-refractivity contribution in [3.8, 4) is 11.8 Å². The summed E-state index contributed by atoms with van der Waals surface area (Å²) < 4.78 is 5.79. The third kappa shape index (κ3) is 5.92. The van der Waals surface area contributed by atoms with Crippen LogP contribution in [-0.2, 0) is 11.4 Å². The Hall–Kier alpha value is -4.15. The minimum absolute atomic E-state index is 0.0279. The molecule has 0 bridgehead atoms. The fourth-order valence-electron chi connectivity index (χ4n) is 2.69. The molecule has 8 heteroatoms. The lowest BCUT2D eigenvalue weighted by Gasteiger charge is -2.10. The highest BCUT2D eigenvalue weighted by Gasteiger charge is 2.12. The molecule has 0 aliphatic carbocycles. The van der Waals surface area contributed by atoms with E-state index in [1.165, 1.54) is 18.2 Å². The molecule has 0 aliphatic heterocycles. The summed E-state index contributed by atoms with van der Waals surface area (Å²) in [5, 5.41) is 23.6. The number of nitro benzene ring substituents is 1. The number of para-hydroxylation sites is 1. The van der Waals surface area contributed by atoms with Crippen molar-refractivity contribution in [1.29, 1.82) is 5.26 Å². The summed E-state index contributed by atoms with van der Waals surface area (Å²) in [5.41, 5.74) is 1.51. The van der Waals surface area contributed by atoms with E-state index < -0.39 is 10.8 Å². The first-order valence-electron chi connectivity index (χ1n) is 9.10. The molecule has 1 amide bonds. The second-order valence-electron chi connectivity index (χ2n) is 6.38. The van der Waals surface area contributed by atoms with Gasteiger partial charge < -0.3 is 10.1 Å². The Morgan fingerprint density at radius 2 is 1.87 bits per heavy atom. The zero-order chi connectivity index (χ0) is 22.2. The number of amides is 1. The number of nitriles is 1. The molecular weight excluding hydrogens is 418 g/mol. The molecule has 3 aromatic rings. The number of nitro groups is 1. The molecule has 0 aliphatic rings. The van der Waals surface area contributed by atoms with E-state index in [4.69, 9.17) is 16.3 Å². The van der Waals surface area contributed by atoms with Crippen LogP contribution in [0.3, 0.4) is 0 Å². The zero-order valence-electron chi connectivity index (χ0n) is 16.1. The Kier molecular flexibility index (Phi) is 6.99. The molecule has 0 unspecified atom stereocenters. The number of benzene rings is 3. The van der Waals surface area contributed by atoms with Crippen LogP contribution in [0, 0.1) is 21.4 Å². The number of carbonyl (C=O) groups is 1. The highest BCUT2D eigenvalue weighted by Crippen LogP contribution is 2.23. The van der Waals surface area contributed by atoms with Crippen molar-refractivity contribution in [2.24, 2.45) is 0 Å². The standard InChI is InChI=1S/C23H16ClN3O4/c24-19-8-10-20(11-9-19)26-23(28)18(14-25)13-17-5-1-2-7-22(17)31-15-16-4-3-6-21(12-16)27(29)30/h1-13H,15H2,(H,26,28)/b18-13+. The first-order valence-corrected chi connectivity index (χ1v) is 9.48. The van der Waals surface area contributed by atoms with Gasteiger partial charge in [-0.2, -0.15) is 5.26 Å². The molecule has 3 rings (SSSR count). The van der Waals surface area contributed by atoms with Crippen molar-refractivity contribution in [2.75, 3.05) is 5.32 Å². The van der Waals surface area contributed by atoms with Gasteiger partial charge >= 0.3 is 0 Å². The Bertz CT molecular complexity index is 1180. The average Bonchev–Trinajstić information content (AvgIpc) is 2.78. The molecule has 0 saturated heterocycles. The summed E-state index contributed by atoms with van der Waals surface area (Å²) in [4.78, 5) is 22.9. The highest BCUT2D eigenvalue weighted by atomic mass is 35.5. The van der Waals surface area contributed by atoms with Crippen LogP contribution in [-0.4, -0.2) is 10.8 Å². The van der Waals surface area contributed by atoms with Crippen LogP contribution < -0.4 is 10.1 Å². The first-order chi connectivity index (χ1) is 15.0. The average molecular weight is 434 g/mol. The van der Waals surface area contributed by atoms with E-state index in [-0.39, 0.29) is 17.9 Å². The van der Waals surface area contributed by atoms with Gasteiger partial charge in [-0.3, -0.25) is 14.9 Å². The van der Waals surface area contributed by atoms with Crippen LogP contribution in [0.15, 0.2) is 78.4 Å². The van der Waals surface area contributed by atoms with Crippen LogP contribution in [0.2, 0.25) is 5.02 Å². The normalized spacial score (nSPS) is 10.8. The van der Waals surface area contributed by atoms with Gasteiger partial charge in [0.1, 0.15) is 24.0 Å². The minimum Gasteiger partial charge on any atom is -0.488 e. The Balaban J connectivity index is 1.77. The lowest BCUT2D eigenvalue weighted by molar-refractivity contribution is -0.384.